The number of rotatable bonds is 5. The van der Waals surface area contributed by atoms with Gasteiger partial charge in [0.1, 0.15) is 5.75 Å². The Balaban J connectivity index is 3.50. The summed E-state index contributed by atoms with van der Waals surface area (Å²) in [6, 6.07) is 4.22. The molecular weight excluding hydrogens is 300 g/mol. The molecule has 0 aromatic heterocycles. The van der Waals surface area contributed by atoms with E-state index in [4.69, 9.17) is 10.5 Å². The van der Waals surface area contributed by atoms with Gasteiger partial charge in [-0.3, -0.25) is 4.79 Å². The van der Waals surface area contributed by atoms with Gasteiger partial charge in [0, 0.05) is 24.2 Å². The van der Waals surface area contributed by atoms with E-state index >= 15 is 0 Å². The first kappa shape index (κ1) is 20.5. The Morgan fingerprint density at radius 1 is 1.12 bits per heavy atom. The zero-order valence-electron chi connectivity index (χ0n) is 16.5. The van der Waals surface area contributed by atoms with Crippen LogP contribution in [0.15, 0.2) is 12.1 Å². The maximum absolute atomic E-state index is 12.4. The van der Waals surface area contributed by atoms with Crippen LogP contribution < -0.4 is 15.8 Å². The van der Waals surface area contributed by atoms with Gasteiger partial charge in [-0.2, -0.15) is 0 Å². The van der Waals surface area contributed by atoms with Crippen LogP contribution in [0.2, 0.25) is 0 Å². The van der Waals surface area contributed by atoms with Crippen molar-refractivity contribution in [1.82, 2.24) is 5.32 Å². The molecule has 1 rings (SSSR count). The normalized spacial score (nSPS) is 13.5. The molecule has 0 fully saturated rings. The molecule has 0 saturated heterocycles. The summed E-state index contributed by atoms with van der Waals surface area (Å²) in [6.07, 6.45) is 0. The molecule has 3 N–H and O–H groups in total. The number of methoxy groups -OCH3 is 1. The number of carbonyl (C=O) groups excluding carboxylic acids is 1. The van der Waals surface area contributed by atoms with Gasteiger partial charge in [0.15, 0.2) is 0 Å². The Morgan fingerprint density at radius 3 is 1.92 bits per heavy atom. The van der Waals surface area contributed by atoms with Gasteiger partial charge in [-0.1, -0.05) is 53.7 Å². The highest BCUT2D eigenvalue weighted by Gasteiger charge is 2.29. The number of carbonyl (C=O) groups is 1. The maximum Gasteiger partial charge on any atom is 0.227 e. The zero-order chi connectivity index (χ0) is 18.7. The molecule has 0 radical (unpaired) electrons. The van der Waals surface area contributed by atoms with E-state index in [1.165, 1.54) is 0 Å². The third kappa shape index (κ3) is 4.73. The predicted molar refractivity (Wildman–Crippen MR) is 101 cm³/mol. The van der Waals surface area contributed by atoms with E-state index in [0.29, 0.717) is 13.1 Å². The molecular formula is C20H34N2O2. The highest BCUT2D eigenvalue weighted by molar-refractivity contribution is 5.83. The molecule has 0 aliphatic carbocycles. The molecule has 4 nitrogen and oxygen atoms in total. The summed E-state index contributed by atoms with van der Waals surface area (Å²) in [7, 11) is 1.72. The average molecular weight is 335 g/mol. The van der Waals surface area contributed by atoms with E-state index in [9.17, 15) is 4.79 Å². The molecule has 0 bridgehead atoms. The Labute approximate surface area is 147 Å². The van der Waals surface area contributed by atoms with E-state index in [1.54, 1.807) is 7.11 Å². The van der Waals surface area contributed by atoms with Crippen molar-refractivity contribution >= 4 is 5.91 Å². The zero-order valence-corrected chi connectivity index (χ0v) is 16.5. The first-order chi connectivity index (χ1) is 10.9. The number of nitrogens with one attached hydrogen (secondary N) is 1. The van der Waals surface area contributed by atoms with Crippen molar-refractivity contribution in [1.29, 1.82) is 0 Å². The fourth-order valence-electron chi connectivity index (χ4n) is 2.74. The number of amides is 1. The Bertz CT molecular complexity index is 545. The van der Waals surface area contributed by atoms with Crippen molar-refractivity contribution in [2.75, 3.05) is 20.2 Å². The summed E-state index contributed by atoms with van der Waals surface area (Å²) in [6.45, 7) is 15.9. The lowest BCUT2D eigenvalue weighted by Gasteiger charge is -2.30. The van der Waals surface area contributed by atoms with E-state index in [-0.39, 0.29) is 22.7 Å². The Hall–Kier alpha value is -1.55. The van der Waals surface area contributed by atoms with Crippen LogP contribution in [-0.4, -0.2) is 26.1 Å². The van der Waals surface area contributed by atoms with E-state index in [2.05, 4.69) is 59.0 Å². The molecule has 136 valence electrons. The molecule has 0 aliphatic heterocycles. The molecule has 0 spiro atoms. The second kappa shape index (κ2) is 7.56. The van der Waals surface area contributed by atoms with Crippen molar-refractivity contribution in [3.8, 4) is 5.75 Å². The average Bonchev–Trinajstić information content (AvgIpc) is 2.48. The summed E-state index contributed by atoms with van der Waals surface area (Å²) >= 11 is 0. The van der Waals surface area contributed by atoms with Gasteiger partial charge in [-0.25, -0.2) is 0 Å². The van der Waals surface area contributed by atoms with Crippen LogP contribution in [0.4, 0.5) is 0 Å². The smallest absolute Gasteiger partial charge is 0.227 e. The number of ether oxygens (including phenoxy) is 1. The van der Waals surface area contributed by atoms with Crippen molar-refractivity contribution in [3.05, 3.63) is 28.8 Å². The fourth-order valence-corrected chi connectivity index (χ4v) is 2.74. The molecule has 1 aromatic carbocycles. The molecule has 0 aliphatic rings. The molecule has 4 heteroatoms. The SMILES string of the molecule is COc1c(C(C)(C)C)cc(C(C)C(=O)NCCN)cc1C(C)(C)C. The lowest BCUT2D eigenvalue weighted by molar-refractivity contribution is -0.122. The predicted octanol–water partition coefficient (Wildman–Crippen LogP) is 3.47. The molecule has 0 heterocycles. The second-order valence-electron chi connectivity index (χ2n) is 8.45. The number of hydrogen-bond acceptors (Lipinski definition) is 3. The Kier molecular flexibility index (Phi) is 6.45. The van der Waals surface area contributed by atoms with Crippen LogP contribution in [0.3, 0.4) is 0 Å². The topological polar surface area (TPSA) is 64.3 Å². The molecule has 0 saturated carbocycles. The largest absolute Gasteiger partial charge is 0.496 e. The van der Waals surface area contributed by atoms with Gasteiger partial charge in [0.2, 0.25) is 5.91 Å². The standard InChI is InChI=1S/C20H34N2O2/c1-13(18(23)22-10-9-21)14-11-15(19(2,3)4)17(24-8)16(12-14)20(5,6)7/h11-13H,9-10,21H2,1-8H3,(H,22,23). The van der Waals surface area contributed by atoms with Gasteiger partial charge in [-0.05, 0) is 23.3 Å². The van der Waals surface area contributed by atoms with Crippen molar-refractivity contribution in [2.24, 2.45) is 5.73 Å². The van der Waals surface area contributed by atoms with Gasteiger partial charge < -0.3 is 15.8 Å². The van der Waals surface area contributed by atoms with Gasteiger partial charge >= 0.3 is 0 Å². The number of hydrogen-bond donors (Lipinski definition) is 2. The van der Waals surface area contributed by atoms with Crippen molar-refractivity contribution in [3.63, 3.8) is 0 Å². The van der Waals surface area contributed by atoms with Gasteiger partial charge in [-0.15, -0.1) is 0 Å². The van der Waals surface area contributed by atoms with Gasteiger partial charge in [0.25, 0.3) is 0 Å². The molecule has 24 heavy (non-hydrogen) atoms. The first-order valence-corrected chi connectivity index (χ1v) is 8.64. The highest BCUT2D eigenvalue weighted by Crippen LogP contribution is 2.41. The van der Waals surface area contributed by atoms with E-state index in [0.717, 1.165) is 22.4 Å². The first-order valence-electron chi connectivity index (χ1n) is 8.64. The monoisotopic (exact) mass is 334 g/mol. The number of benzene rings is 1. The second-order valence-corrected chi connectivity index (χ2v) is 8.45. The summed E-state index contributed by atoms with van der Waals surface area (Å²) in [5, 5.41) is 2.88. The minimum atomic E-state index is -0.232. The quantitative estimate of drug-likeness (QED) is 0.866. The van der Waals surface area contributed by atoms with Gasteiger partial charge in [0.05, 0.1) is 13.0 Å². The Morgan fingerprint density at radius 2 is 1.58 bits per heavy atom. The third-order valence-corrected chi connectivity index (χ3v) is 4.27. The minimum absolute atomic E-state index is 0.00494. The van der Waals surface area contributed by atoms with Crippen LogP contribution >= 0.6 is 0 Å². The fraction of sp³-hybridized carbons (Fsp3) is 0.650. The molecule has 1 unspecified atom stereocenters. The van der Waals surface area contributed by atoms with Crippen molar-refractivity contribution in [2.45, 2.75) is 65.2 Å². The third-order valence-electron chi connectivity index (χ3n) is 4.27. The van der Waals surface area contributed by atoms with Crippen LogP contribution in [0.25, 0.3) is 0 Å². The van der Waals surface area contributed by atoms with Crippen molar-refractivity contribution < 1.29 is 9.53 Å². The van der Waals surface area contributed by atoms with E-state index in [1.807, 2.05) is 6.92 Å². The van der Waals surface area contributed by atoms with Crippen LogP contribution in [0.1, 0.15) is 71.1 Å². The molecule has 1 aromatic rings. The summed E-state index contributed by atoms with van der Waals surface area (Å²) in [5.41, 5.74) is 8.61. The van der Waals surface area contributed by atoms with E-state index < -0.39 is 0 Å². The number of nitrogens with two attached hydrogens (primary N) is 1. The molecule has 1 atom stereocenters. The molecule has 1 amide bonds. The summed E-state index contributed by atoms with van der Waals surface area (Å²) < 4.78 is 5.77. The van der Waals surface area contributed by atoms with Crippen LogP contribution in [-0.2, 0) is 15.6 Å². The highest BCUT2D eigenvalue weighted by atomic mass is 16.5. The van der Waals surface area contributed by atoms with Crippen LogP contribution in [0.5, 0.6) is 5.75 Å². The lowest BCUT2D eigenvalue weighted by atomic mass is 9.77. The summed E-state index contributed by atoms with van der Waals surface area (Å²) in [4.78, 5) is 12.4. The lowest BCUT2D eigenvalue weighted by Crippen LogP contribution is -2.32. The minimum Gasteiger partial charge on any atom is -0.496 e. The van der Waals surface area contributed by atoms with Crippen LogP contribution in [0, 0.1) is 0 Å². The summed E-state index contributed by atoms with van der Waals surface area (Å²) in [5.74, 6) is 0.698. The maximum atomic E-state index is 12.4.